The first-order valence-electron chi connectivity index (χ1n) is 6.99. The van der Waals surface area contributed by atoms with E-state index in [1.165, 1.54) is 57.8 Å². The van der Waals surface area contributed by atoms with Gasteiger partial charge in [-0.1, -0.05) is 71.1 Å². The zero-order chi connectivity index (χ0) is 12.1. The Bertz CT molecular complexity index is 155. The Balaban J connectivity index is 2.90. The molecule has 0 unspecified atom stereocenters. The van der Waals surface area contributed by atoms with E-state index in [2.05, 4.69) is 6.92 Å². The van der Waals surface area contributed by atoms with Gasteiger partial charge in [-0.2, -0.15) is 0 Å². The van der Waals surface area contributed by atoms with E-state index in [-0.39, 0.29) is 0 Å². The van der Waals surface area contributed by atoms with E-state index in [0.717, 1.165) is 12.8 Å². The molecule has 0 heterocycles. The third-order valence-corrected chi connectivity index (χ3v) is 2.99. The highest BCUT2D eigenvalue weighted by Crippen LogP contribution is 2.11. The predicted molar refractivity (Wildman–Crippen MR) is 68.7 cm³/mol. The van der Waals surface area contributed by atoms with E-state index < -0.39 is 5.97 Å². The second kappa shape index (κ2) is 12.5. The minimum absolute atomic E-state index is 0.344. The molecule has 0 saturated carbocycles. The van der Waals surface area contributed by atoms with Crippen molar-refractivity contribution in [2.75, 3.05) is 0 Å². The fourth-order valence-corrected chi connectivity index (χ4v) is 1.94. The second-order valence-corrected chi connectivity index (χ2v) is 4.68. The van der Waals surface area contributed by atoms with Crippen molar-refractivity contribution in [1.29, 1.82) is 0 Å². The smallest absolute Gasteiger partial charge is 0.303 e. The molecule has 0 aromatic carbocycles. The largest absolute Gasteiger partial charge is 0.481 e. The van der Waals surface area contributed by atoms with Crippen LogP contribution < -0.4 is 0 Å². The molecule has 0 amide bonds. The molecule has 0 radical (unpaired) electrons. The summed E-state index contributed by atoms with van der Waals surface area (Å²) in [5, 5.41) is 8.46. The van der Waals surface area contributed by atoms with Gasteiger partial charge in [0.15, 0.2) is 0 Å². The first-order valence-corrected chi connectivity index (χ1v) is 6.99. The van der Waals surface area contributed by atoms with Crippen LogP contribution in [-0.4, -0.2) is 11.1 Å². The Morgan fingerprint density at radius 1 is 0.750 bits per heavy atom. The molecule has 0 rings (SSSR count). The van der Waals surface area contributed by atoms with Gasteiger partial charge in [0.05, 0.1) is 0 Å². The van der Waals surface area contributed by atoms with Crippen LogP contribution in [-0.2, 0) is 4.79 Å². The monoisotopic (exact) mass is 229 g/mol. The summed E-state index contributed by atoms with van der Waals surface area (Å²) in [4.78, 5) is 10.3. The van der Waals surface area contributed by atoms with Crippen LogP contribution in [0.3, 0.4) is 0 Å². The number of carboxylic acids is 1. The number of rotatable bonds is 12. The van der Waals surface area contributed by atoms with Crippen molar-refractivity contribution in [3.05, 3.63) is 0 Å². The molecule has 0 aliphatic heterocycles. The van der Waals surface area contributed by atoms with Gasteiger partial charge in [-0.3, -0.25) is 4.79 Å². The van der Waals surface area contributed by atoms with Gasteiger partial charge in [-0.25, -0.2) is 0 Å². The normalized spacial score (nSPS) is 10.6. The van der Waals surface area contributed by atoms with Gasteiger partial charge in [0.25, 0.3) is 0 Å². The van der Waals surface area contributed by atoms with Crippen molar-refractivity contribution in [2.24, 2.45) is 0 Å². The Kier molecular flexibility index (Phi) is 12.1. The van der Waals surface area contributed by atoms with Gasteiger partial charge < -0.3 is 5.11 Å². The standard InChI is InChI=1S/C14H28O2/c1-2-3-4-5-6-7-8-9-10-11-12-13-14(15)16/h2-13H2,1H3,(H,15,16)/i1+1. The van der Waals surface area contributed by atoms with Gasteiger partial charge in [0.2, 0.25) is 0 Å². The lowest BCUT2D eigenvalue weighted by atomic mass is 10.1. The Hall–Kier alpha value is -0.530. The van der Waals surface area contributed by atoms with Crippen LogP contribution in [0.5, 0.6) is 0 Å². The molecule has 0 aromatic heterocycles. The molecule has 1 N–H and O–H groups in total. The molecular formula is C14H28O2. The molecule has 96 valence electrons. The van der Waals surface area contributed by atoms with Gasteiger partial charge in [-0.15, -0.1) is 0 Å². The minimum Gasteiger partial charge on any atom is -0.481 e. The maximum Gasteiger partial charge on any atom is 0.303 e. The molecule has 0 bridgehead atoms. The lowest BCUT2D eigenvalue weighted by Gasteiger charge is -2.01. The van der Waals surface area contributed by atoms with Crippen LogP contribution in [0.1, 0.15) is 84.0 Å². The van der Waals surface area contributed by atoms with Crippen LogP contribution >= 0.6 is 0 Å². The average molecular weight is 229 g/mol. The van der Waals surface area contributed by atoms with E-state index >= 15 is 0 Å². The molecule has 0 atom stereocenters. The SMILES string of the molecule is [13CH3]CCCCCCCCCCCCC(=O)O. The zero-order valence-electron chi connectivity index (χ0n) is 10.8. The van der Waals surface area contributed by atoms with Gasteiger partial charge in [0.1, 0.15) is 0 Å². The van der Waals surface area contributed by atoms with E-state index in [9.17, 15) is 4.79 Å². The molecular weight excluding hydrogens is 201 g/mol. The van der Waals surface area contributed by atoms with Crippen LogP contribution in [0.2, 0.25) is 0 Å². The van der Waals surface area contributed by atoms with Gasteiger partial charge in [-0.05, 0) is 6.42 Å². The highest BCUT2D eigenvalue weighted by molar-refractivity contribution is 5.66. The quantitative estimate of drug-likeness (QED) is 0.386. The van der Waals surface area contributed by atoms with Crippen molar-refractivity contribution >= 4 is 5.97 Å². The summed E-state index contributed by atoms with van der Waals surface area (Å²) in [6.45, 7) is 2.25. The minimum atomic E-state index is -0.657. The van der Waals surface area contributed by atoms with Crippen molar-refractivity contribution in [3.63, 3.8) is 0 Å². The molecule has 0 saturated heterocycles. The van der Waals surface area contributed by atoms with E-state index in [1.807, 2.05) is 0 Å². The van der Waals surface area contributed by atoms with Crippen LogP contribution in [0.15, 0.2) is 0 Å². The van der Waals surface area contributed by atoms with E-state index in [4.69, 9.17) is 5.11 Å². The maximum absolute atomic E-state index is 10.3. The lowest BCUT2D eigenvalue weighted by molar-refractivity contribution is -0.137. The number of unbranched alkanes of at least 4 members (excludes halogenated alkanes) is 10. The Morgan fingerprint density at radius 2 is 1.12 bits per heavy atom. The third kappa shape index (κ3) is 13.5. The number of hydrogen-bond acceptors (Lipinski definition) is 1. The second-order valence-electron chi connectivity index (χ2n) is 4.68. The zero-order valence-corrected chi connectivity index (χ0v) is 10.8. The average Bonchev–Trinajstić information content (AvgIpc) is 2.25. The van der Waals surface area contributed by atoms with E-state index in [1.54, 1.807) is 0 Å². The maximum atomic E-state index is 10.3. The number of hydrogen-bond donors (Lipinski definition) is 1. The summed E-state index contributed by atoms with van der Waals surface area (Å²) in [5.41, 5.74) is 0. The first kappa shape index (κ1) is 15.5. The topological polar surface area (TPSA) is 37.3 Å². The molecule has 0 fully saturated rings. The summed E-state index contributed by atoms with van der Waals surface area (Å²) in [6.07, 6.45) is 14.4. The molecule has 0 spiro atoms. The van der Waals surface area contributed by atoms with Gasteiger partial charge >= 0.3 is 5.97 Å². The van der Waals surface area contributed by atoms with Crippen molar-refractivity contribution < 1.29 is 9.90 Å². The number of aliphatic carboxylic acids is 1. The van der Waals surface area contributed by atoms with Crippen LogP contribution in [0, 0.1) is 0 Å². The highest BCUT2D eigenvalue weighted by atomic mass is 16.4. The Labute approximate surface area is 100 Å². The van der Waals surface area contributed by atoms with Gasteiger partial charge in [0, 0.05) is 6.42 Å². The van der Waals surface area contributed by atoms with Crippen LogP contribution in [0.4, 0.5) is 0 Å². The highest BCUT2D eigenvalue weighted by Gasteiger charge is 1.96. The molecule has 16 heavy (non-hydrogen) atoms. The van der Waals surface area contributed by atoms with Crippen molar-refractivity contribution in [1.82, 2.24) is 0 Å². The third-order valence-electron chi connectivity index (χ3n) is 2.99. The van der Waals surface area contributed by atoms with Crippen LogP contribution in [0.25, 0.3) is 0 Å². The summed E-state index contributed by atoms with van der Waals surface area (Å²) < 4.78 is 0. The summed E-state index contributed by atoms with van der Waals surface area (Å²) in [6, 6.07) is 0. The molecule has 0 aromatic rings. The Morgan fingerprint density at radius 3 is 1.50 bits per heavy atom. The summed E-state index contributed by atoms with van der Waals surface area (Å²) in [7, 11) is 0. The summed E-state index contributed by atoms with van der Waals surface area (Å²) in [5.74, 6) is -0.657. The first-order chi connectivity index (χ1) is 7.77. The molecule has 2 nitrogen and oxygen atoms in total. The molecule has 2 heteroatoms. The lowest BCUT2D eigenvalue weighted by Crippen LogP contribution is -1.93. The van der Waals surface area contributed by atoms with Crippen molar-refractivity contribution in [2.45, 2.75) is 84.0 Å². The molecule has 0 aliphatic rings. The number of carbonyl (C=O) groups is 1. The molecule has 0 aliphatic carbocycles. The summed E-state index contributed by atoms with van der Waals surface area (Å²) >= 11 is 0. The number of carboxylic acid groups (broad SMARTS) is 1. The fraction of sp³-hybridized carbons (Fsp3) is 0.929. The van der Waals surface area contributed by atoms with Crippen molar-refractivity contribution in [3.8, 4) is 0 Å². The predicted octanol–water partition coefficient (Wildman–Crippen LogP) is 4.77. The van der Waals surface area contributed by atoms with E-state index in [0.29, 0.717) is 6.42 Å². The fourth-order valence-electron chi connectivity index (χ4n) is 1.94.